The Morgan fingerprint density at radius 1 is 1.24 bits per heavy atom. The number of rotatable bonds is 4. The van der Waals surface area contributed by atoms with Crippen LogP contribution in [0.4, 0.5) is 11.8 Å². The van der Waals surface area contributed by atoms with Gasteiger partial charge in [0.2, 0.25) is 5.95 Å². The molecular formula is C13H12ClN7. The van der Waals surface area contributed by atoms with Crippen LogP contribution in [-0.4, -0.2) is 24.7 Å². The standard InChI is InChI=1S/C13H12ClN7/c14-10-7-11(20-13(15)19-10)17-8-9-3-1-4-16-12(9)21-6-2-5-18-21/h1-7H,8H2,(H3,15,17,19,20). The Bertz CT molecular complexity index is 722. The summed E-state index contributed by atoms with van der Waals surface area (Å²) in [7, 11) is 0. The average Bonchev–Trinajstić information content (AvgIpc) is 2.98. The van der Waals surface area contributed by atoms with Crippen LogP contribution in [0, 0.1) is 0 Å². The number of aromatic nitrogens is 5. The van der Waals surface area contributed by atoms with E-state index in [1.54, 1.807) is 23.1 Å². The summed E-state index contributed by atoms with van der Waals surface area (Å²) in [6, 6.07) is 7.28. The first-order valence-corrected chi connectivity index (χ1v) is 6.58. The minimum absolute atomic E-state index is 0.128. The van der Waals surface area contributed by atoms with Crippen molar-refractivity contribution in [2.75, 3.05) is 11.1 Å². The average molecular weight is 302 g/mol. The molecule has 7 nitrogen and oxygen atoms in total. The first kappa shape index (κ1) is 13.3. The molecule has 0 radical (unpaired) electrons. The predicted molar refractivity (Wildman–Crippen MR) is 80.1 cm³/mol. The van der Waals surface area contributed by atoms with Crippen LogP contribution in [0.3, 0.4) is 0 Å². The van der Waals surface area contributed by atoms with Gasteiger partial charge in [0, 0.05) is 36.8 Å². The molecule has 0 bridgehead atoms. The molecule has 0 atom stereocenters. The van der Waals surface area contributed by atoms with Gasteiger partial charge in [0.1, 0.15) is 11.0 Å². The second-order valence-electron chi connectivity index (χ2n) is 4.22. The zero-order valence-electron chi connectivity index (χ0n) is 10.9. The fourth-order valence-electron chi connectivity index (χ4n) is 1.88. The second kappa shape index (κ2) is 5.76. The summed E-state index contributed by atoms with van der Waals surface area (Å²) in [6.45, 7) is 0.510. The van der Waals surface area contributed by atoms with Crippen LogP contribution in [0.1, 0.15) is 5.56 Å². The molecule has 8 heteroatoms. The quantitative estimate of drug-likeness (QED) is 0.715. The monoisotopic (exact) mass is 301 g/mol. The van der Waals surface area contributed by atoms with Crippen molar-refractivity contribution in [2.45, 2.75) is 6.54 Å². The maximum Gasteiger partial charge on any atom is 0.223 e. The molecular weight excluding hydrogens is 290 g/mol. The van der Waals surface area contributed by atoms with Crippen molar-refractivity contribution >= 4 is 23.4 Å². The molecule has 3 aromatic heterocycles. The fraction of sp³-hybridized carbons (Fsp3) is 0.0769. The number of nitrogens with two attached hydrogens (primary N) is 1. The molecule has 0 saturated heterocycles. The predicted octanol–water partition coefficient (Wildman–Crippen LogP) is 1.90. The van der Waals surface area contributed by atoms with Crippen LogP contribution in [-0.2, 0) is 6.54 Å². The van der Waals surface area contributed by atoms with Crippen molar-refractivity contribution in [2.24, 2.45) is 0 Å². The summed E-state index contributed by atoms with van der Waals surface area (Å²) < 4.78 is 1.71. The maximum absolute atomic E-state index is 5.85. The number of hydrogen-bond acceptors (Lipinski definition) is 6. The molecule has 0 aliphatic carbocycles. The molecule has 0 spiro atoms. The topological polar surface area (TPSA) is 94.5 Å². The van der Waals surface area contributed by atoms with E-state index in [0.717, 1.165) is 11.4 Å². The smallest absolute Gasteiger partial charge is 0.223 e. The maximum atomic E-state index is 5.85. The number of halogens is 1. The van der Waals surface area contributed by atoms with Crippen molar-refractivity contribution in [3.63, 3.8) is 0 Å². The summed E-state index contributed by atoms with van der Waals surface area (Å²) in [4.78, 5) is 12.2. The molecule has 106 valence electrons. The molecule has 0 fully saturated rings. The van der Waals surface area contributed by atoms with Gasteiger partial charge >= 0.3 is 0 Å². The normalized spacial score (nSPS) is 10.5. The third-order valence-corrected chi connectivity index (χ3v) is 2.95. The van der Waals surface area contributed by atoms with Crippen molar-refractivity contribution in [1.29, 1.82) is 0 Å². The molecule has 0 aliphatic heterocycles. The number of pyridine rings is 1. The summed E-state index contributed by atoms with van der Waals surface area (Å²) in [5.41, 5.74) is 6.53. The van der Waals surface area contributed by atoms with E-state index >= 15 is 0 Å². The number of nitrogens with one attached hydrogen (secondary N) is 1. The highest BCUT2D eigenvalue weighted by Gasteiger charge is 2.07. The van der Waals surface area contributed by atoms with Crippen LogP contribution < -0.4 is 11.1 Å². The second-order valence-corrected chi connectivity index (χ2v) is 4.61. The molecule has 0 aliphatic rings. The van der Waals surface area contributed by atoms with E-state index in [4.69, 9.17) is 17.3 Å². The number of nitrogens with zero attached hydrogens (tertiary/aromatic N) is 5. The van der Waals surface area contributed by atoms with Gasteiger partial charge in [-0.15, -0.1) is 0 Å². The van der Waals surface area contributed by atoms with Crippen LogP contribution >= 0.6 is 11.6 Å². The lowest BCUT2D eigenvalue weighted by atomic mass is 10.2. The lowest BCUT2D eigenvalue weighted by Gasteiger charge is -2.10. The van der Waals surface area contributed by atoms with E-state index in [1.807, 2.05) is 24.4 Å². The first-order valence-electron chi connectivity index (χ1n) is 6.20. The Morgan fingerprint density at radius 2 is 2.14 bits per heavy atom. The molecule has 3 aromatic rings. The van der Waals surface area contributed by atoms with Gasteiger partial charge in [-0.2, -0.15) is 10.1 Å². The lowest BCUT2D eigenvalue weighted by Crippen LogP contribution is -2.09. The van der Waals surface area contributed by atoms with Crippen LogP contribution in [0.25, 0.3) is 5.82 Å². The summed E-state index contributed by atoms with van der Waals surface area (Å²) in [5, 5.41) is 7.63. The van der Waals surface area contributed by atoms with Gasteiger partial charge in [-0.1, -0.05) is 17.7 Å². The minimum atomic E-state index is 0.128. The molecule has 21 heavy (non-hydrogen) atoms. The van der Waals surface area contributed by atoms with Crippen molar-refractivity contribution in [3.8, 4) is 5.82 Å². The van der Waals surface area contributed by atoms with Gasteiger partial charge in [-0.25, -0.2) is 14.6 Å². The number of anilines is 2. The molecule has 3 N–H and O–H groups in total. The SMILES string of the molecule is Nc1nc(Cl)cc(NCc2cccnc2-n2cccn2)n1. The van der Waals surface area contributed by atoms with Crippen molar-refractivity contribution in [1.82, 2.24) is 24.7 Å². The molecule has 3 heterocycles. The van der Waals surface area contributed by atoms with Crippen molar-refractivity contribution in [3.05, 3.63) is 53.6 Å². The van der Waals surface area contributed by atoms with Crippen molar-refractivity contribution < 1.29 is 0 Å². The zero-order valence-corrected chi connectivity index (χ0v) is 11.7. The molecule has 0 saturated carbocycles. The zero-order chi connectivity index (χ0) is 14.7. The molecule has 0 amide bonds. The Labute approximate surface area is 125 Å². The largest absolute Gasteiger partial charge is 0.368 e. The first-order chi connectivity index (χ1) is 10.2. The Morgan fingerprint density at radius 3 is 2.90 bits per heavy atom. The van der Waals surface area contributed by atoms with Crippen LogP contribution in [0.5, 0.6) is 0 Å². The van der Waals surface area contributed by atoms with E-state index in [9.17, 15) is 0 Å². The summed E-state index contributed by atoms with van der Waals surface area (Å²) in [6.07, 6.45) is 5.27. The number of nitrogen functional groups attached to an aromatic ring is 1. The van der Waals surface area contributed by atoms with Gasteiger partial charge in [-0.3, -0.25) is 0 Å². The summed E-state index contributed by atoms with van der Waals surface area (Å²) in [5.74, 6) is 1.44. The van der Waals surface area contributed by atoms with E-state index in [-0.39, 0.29) is 5.95 Å². The third kappa shape index (κ3) is 3.09. The van der Waals surface area contributed by atoms with E-state index in [0.29, 0.717) is 17.5 Å². The molecule has 3 rings (SSSR count). The molecule has 0 unspecified atom stereocenters. The van der Waals surface area contributed by atoms with E-state index in [2.05, 4.69) is 25.4 Å². The molecule has 0 aromatic carbocycles. The van der Waals surface area contributed by atoms with Crippen LogP contribution in [0.2, 0.25) is 5.15 Å². The van der Waals surface area contributed by atoms with E-state index < -0.39 is 0 Å². The van der Waals surface area contributed by atoms with Gasteiger partial charge < -0.3 is 11.1 Å². The number of hydrogen-bond donors (Lipinski definition) is 2. The Balaban J connectivity index is 1.82. The highest BCUT2D eigenvalue weighted by Crippen LogP contribution is 2.15. The van der Waals surface area contributed by atoms with Gasteiger partial charge in [0.05, 0.1) is 0 Å². The minimum Gasteiger partial charge on any atom is -0.368 e. The van der Waals surface area contributed by atoms with Gasteiger partial charge in [-0.05, 0) is 12.1 Å². The Kier molecular flexibility index (Phi) is 3.65. The summed E-state index contributed by atoms with van der Waals surface area (Å²) >= 11 is 5.85. The highest BCUT2D eigenvalue weighted by molar-refractivity contribution is 6.29. The Hall–Kier alpha value is -2.67. The fourth-order valence-corrected chi connectivity index (χ4v) is 2.07. The van der Waals surface area contributed by atoms with E-state index in [1.165, 1.54) is 0 Å². The van der Waals surface area contributed by atoms with Gasteiger partial charge in [0.15, 0.2) is 5.82 Å². The third-order valence-electron chi connectivity index (χ3n) is 2.76. The van der Waals surface area contributed by atoms with Crippen LogP contribution in [0.15, 0.2) is 42.9 Å². The highest BCUT2D eigenvalue weighted by atomic mass is 35.5. The lowest BCUT2D eigenvalue weighted by molar-refractivity contribution is 0.828. The van der Waals surface area contributed by atoms with Gasteiger partial charge in [0.25, 0.3) is 0 Å².